The second-order valence-corrected chi connectivity index (χ2v) is 8.34. The number of hydrogen-bond donors (Lipinski definition) is 0. The Hall–Kier alpha value is -1.53. The van der Waals surface area contributed by atoms with Crippen molar-refractivity contribution in [3.8, 4) is 5.75 Å². The third-order valence-electron chi connectivity index (χ3n) is 3.50. The fraction of sp³-hybridized carbons (Fsp3) is 0.158. The molecule has 0 saturated carbocycles. The number of amides is 1. The fourth-order valence-electron chi connectivity index (χ4n) is 2.38. The molecule has 1 aliphatic rings. The van der Waals surface area contributed by atoms with Crippen molar-refractivity contribution in [2.24, 2.45) is 0 Å². The minimum Gasteiger partial charge on any atom is -0.491 e. The number of carbonyl (C=O) groups excluding carboxylic acids is 1. The Morgan fingerprint density at radius 1 is 1.12 bits per heavy atom. The number of halogens is 2. The molecule has 3 nitrogen and oxygen atoms in total. The van der Waals surface area contributed by atoms with Gasteiger partial charge >= 0.3 is 0 Å². The van der Waals surface area contributed by atoms with Crippen molar-refractivity contribution in [1.82, 2.24) is 0 Å². The van der Waals surface area contributed by atoms with Crippen molar-refractivity contribution in [2.45, 2.75) is 20.0 Å². The molecule has 0 bridgehead atoms. The SMILES string of the molecule is CC(C)Oc1ccc(/C=C2/SC(=S)N(c3ccc(Cl)c(Cl)c3)C2=O)cc1. The summed E-state index contributed by atoms with van der Waals surface area (Å²) in [7, 11) is 0. The Morgan fingerprint density at radius 3 is 2.42 bits per heavy atom. The van der Waals surface area contributed by atoms with Crippen molar-refractivity contribution in [1.29, 1.82) is 0 Å². The predicted molar refractivity (Wildman–Crippen MR) is 114 cm³/mol. The van der Waals surface area contributed by atoms with Crippen LogP contribution in [-0.4, -0.2) is 16.3 Å². The molecule has 0 atom stereocenters. The van der Waals surface area contributed by atoms with Gasteiger partial charge in [-0.25, -0.2) is 0 Å². The summed E-state index contributed by atoms with van der Waals surface area (Å²) in [5.41, 5.74) is 1.50. The van der Waals surface area contributed by atoms with Gasteiger partial charge in [-0.1, -0.05) is 59.3 Å². The van der Waals surface area contributed by atoms with Gasteiger partial charge in [-0.3, -0.25) is 9.69 Å². The van der Waals surface area contributed by atoms with Gasteiger partial charge in [0.15, 0.2) is 4.32 Å². The summed E-state index contributed by atoms with van der Waals surface area (Å²) in [6, 6.07) is 12.6. The first-order valence-corrected chi connectivity index (χ1v) is 9.83. The first-order valence-electron chi connectivity index (χ1n) is 7.85. The normalized spacial score (nSPS) is 16.0. The van der Waals surface area contributed by atoms with E-state index in [2.05, 4.69) is 0 Å². The van der Waals surface area contributed by atoms with E-state index in [1.807, 2.05) is 44.2 Å². The molecule has 1 saturated heterocycles. The predicted octanol–water partition coefficient (Wildman–Crippen LogP) is 6.19. The van der Waals surface area contributed by atoms with Crippen LogP contribution in [0, 0.1) is 0 Å². The van der Waals surface area contributed by atoms with Crippen molar-refractivity contribution in [3.63, 3.8) is 0 Å². The van der Waals surface area contributed by atoms with Crippen LogP contribution in [0.2, 0.25) is 10.0 Å². The molecule has 26 heavy (non-hydrogen) atoms. The van der Waals surface area contributed by atoms with Crippen molar-refractivity contribution in [2.75, 3.05) is 4.90 Å². The van der Waals surface area contributed by atoms with Crippen LogP contribution in [0.3, 0.4) is 0 Å². The van der Waals surface area contributed by atoms with Gasteiger partial charge in [0.05, 0.1) is 26.7 Å². The molecule has 134 valence electrons. The summed E-state index contributed by atoms with van der Waals surface area (Å²) >= 11 is 18.6. The van der Waals surface area contributed by atoms with Crippen LogP contribution in [0.25, 0.3) is 6.08 Å². The molecule has 0 radical (unpaired) electrons. The minimum atomic E-state index is -0.180. The van der Waals surface area contributed by atoms with Crippen LogP contribution in [0.4, 0.5) is 5.69 Å². The molecule has 1 heterocycles. The number of benzene rings is 2. The van der Waals surface area contributed by atoms with Gasteiger partial charge in [0.2, 0.25) is 0 Å². The maximum absolute atomic E-state index is 12.8. The van der Waals surface area contributed by atoms with Gasteiger partial charge < -0.3 is 4.74 Å². The number of anilines is 1. The van der Waals surface area contributed by atoms with Crippen LogP contribution in [0.15, 0.2) is 47.4 Å². The Morgan fingerprint density at radius 2 is 1.81 bits per heavy atom. The van der Waals surface area contributed by atoms with E-state index in [0.717, 1.165) is 11.3 Å². The molecule has 0 aliphatic carbocycles. The van der Waals surface area contributed by atoms with Crippen LogP contribution in [0.1, 0.15) is 19.4 Å². The van der Waals surface area contributed by atoms with Gasteiger partial charge in [-0.05, 0) is 55.8 Å². The number of nitrogens with zero attached hydrogens (tertiary/aromatic N) is 1. The van der Waals surface area contributed by atoms with Crippen LogP contribution in [-0.2, 0) is 4.79 Å². The topological polar surface area (TPSA) is 29.5 Å². The number of ether oxygens (including phenoxy) is 1. The van der Waals surface area contributed by atoms with Gasteiger partial charge in [0.25, 0.3) is 5.91 Å². The zero-order valence-corrected chi connectivity index (χ0v) is 17.2. The molecular formula is C19H15Cl2NO2S2. The highest BCUT2D eigenvalue weighted by molar-refractivity contribution is 8.27. The first-order chi connectivity index (χ1) is 12.3. The molecule has 2 aromatic carbocycles. The average molecular weight is 424 g/mol. The van der Waals surface area contributed by atoms with E-state index < -0.39 is 0 Å². The Balaban J connectivity index is 1.83. The molecule has 0 unspecified atom stereocenters. The summed E-state index contributed by atoms with van der Waals surface area (Å²) in [6.45, 7) is 3.95. The van der Waals surface area contributed by atoms with Crippen molar-refractivity contribution < 1.29 is 9.53 Å². The largest absolute Gasteiger partial charge is 0.491 e. The first kappa shape index (κ1) is 19.2. The minimum absolute atomic E-state index is 0.114. The Labute approximate surface area is 171 Å². The summed E-state index contributed by atoms with van der Waals surface area (Å²) in [6.07, 6.45) is 1.93. The van der Waals surface area contributed by atoms with Crippen LogP contribution in [0.5, 0.6) is 5.75 Å². The number of hydrogen-bond acceptors (Lipinski definition) is 4. The molecular weight excluding hydrogens is 409 g/mol. The van der Waals surface area contributed by atoms with E-state index in [1.54, 1.807) is 18.2 Å². The van der Waals surface area contributed by atoms with Gasteiger partial charge in [0, 0.05) is 0 Å². The Kier molecular flexibility index (Phi) is 5.92. The summed E-state index contributed by atoms with van der Waals surface area (Å²) < 4.78 is 6.09. The zero-order valence-electron chi connectivity index (χ0n) is 14.0. The quantitative estimate of drug-likeness (QED) is 0.433. The van der Waals surface area contributed by atoms with E-state index in [0.29, 0.717) is 25.0 Å². The maximum Gasteiger partial charge on any atom is 0.270 e. The second kappa shape index (κ2) is 8.01. The van der Waals surface area contributed by atoms with Crippen molar-refractivity contribution in [3.05, 3.63) is 63.0 Å². The van der Waals surface area contributed by atoms with E-state index in [1.165, 1.54) is 16.7 Å². The van der Waals surface area contributed by atoms with Crippen LogP contribution >= 0.6 is 47.2 Å². The van der Waals surface area contributed by atoms with E-state index in [-0.39, 0.29) is 12.0 Å². The monoisotopic (exact) mass is 423 g/mol. The standard InChI is InChI=1S/C19H15Cl2NO2S2/c1-11(2)24-14-6-3-12(4-7-14)9-17-18(23)22(19(25)26-17)13-5-8-15(20)16(21)10-13/h3-11H,1-2H3/b17-9+. The molecule has 0 aromatic heterocycles. The molecule has 7 heteroatoms. The molecule has 0 spiro atoms. The zero-order chi connectivity index (χ0) is 18.8. The molecule has 1 amide bonds. The average Bonchev–Trinajstić information content (AvgIpc) is 2.85. The molecule has 0 N–H and O–H groups in total. The number of carbonyl (C=O) groups is 1. The summed E-state index contributed by atoms with van der Waals surface area (Å²) in [5.74, 6) is 0.612. The molecule has 3 rings (SSSR count). The third-order valence-corrected chi connectivity index (χ3v) is 5.55. The molecule has 1 aliphatic heterocycles. The second-order valence-electron chi connectivity index (χ2n) is 5.85. The highest BCUT2D eigenvalue weighted by Gasteiger charge is 2.33. The highest BCUT2D eigenvalue weighted by Crippen LogP contribution is 2.38. The molecule has 2 aromatic rings. The third kappa shape index (κ3) is 4.23. The highest BCUT2D eigenvalue weighted by atomic mass is 35.5. The lowest BCUT2D eigenvalue weighted by Crippen LogP contribution is -2.27. The lowest BCUT2D eigenvalue weighted by molar-refractivity contribution is -0.113. The maximum atomic E-state index is 12.8. The lowest BCUT2D eigenvalue weighted by atomic mass is 10.2. The van der Waals surface area contributed by atoms with E-state index in [9.17, 15) is 4.79 Å². The van der Waals surface area contributed by atoms with Gasteiger partial charge in [0.1, 0.15) is 5.75 Å². The van der Waals surface area contributed by atoms with Gasteiger partial charge in [-0.15, -0.1) is 0 Å². The van der Waals surface area contributed by atoms with Gasteiger partial charge in [-0.2, -0.15) is 0 Å². The number of thiocarbonyl (C=S) groups is 1. The van der Waals surface area contributed by atoms with Crippen molar-refractivity contribution >= 4 is 69.2 Å². The smallest absolute Gasteiger partial charge is 0.270 e. The fourth-order valence-corrected chi connectivity index (χ4v) is 3.97. The summed E-state index contributed by atoms with van der Waals surface area (Å²) in [5, 5.41) is 0.808. The molecule has 1 fully saturated rings. The Bertz CT molecular complexity index is 895. The van der Waals surface area contributed by atoms with Crippen LogP contribution < -0.4 is 9.64 Å². The van der Waals surface area contributed by atoms with E-state index >= 15 is 0 Å². The summed E-state index contributed by atoms with van der Waals surface area (Å²) in [4.78, 5) is 14.8. The number of rotatable bonds is 4. The lowest BCUT2D eigenvalue weighted by Gasteiger charge is -2.15. The number of thioether (sulfide) groups is 1. The van der Waals surface area contributed by atoms with E-state index in [4.69, 9.17) is 40.2 Å².